The lowest BCUT2D eigenvalue weighted by Crippen LogP contribution is -2.37. The molecule has 138 valence electrons. The van der Waals surface area contributed by atoms with Gasteiger partial charge in [0, 0.05) is 33.8 Å². The largest absolute Gasteiger partial charge is 0.465 e. The second kappa shape index (κ2) is 8.30. The van der Waals surface area contributed by atoms with Crippen LogP contribution in [0.5, 0.6) is 0 Å². The fourth-order valence-corrected chi connectivity index (χ4v) is 4.01. The molecule has 0 amide bonds. The van der Waals surface area contributed by atoms with Crippen LogP contribution in [0.25, 0.3) is 0 Å². The van der Waals surface area contributed by atoms with Crippen molar-refractivity contribution in [1.82, 2.24) is 0 Å². The minimum atomic E-state index is -0.533. The number of hydrogen-bond acceptors (Lipinski definition) is 4. The molecule has 4 nitrogen and oxygen atoms in total. The van der Waals surface area contributed by atoms with Crippen LogP contribution >= 0.6 is 15.9 Å². The van der Waals surface area contributed by atoms with Crippen LogP contribution < -0.4 is 0 Å². The normalized spacial score (nSPS) is 22.7. The number of benzene rings is 1. The summed E-state index contributed by atoms with van der Waals surface area (Å²) in [5, 5.41) is 0. The molecule has 1 aliphatic heterocycles. The number of ether oxygens (including phenoxy) is 1. The molecule has 1 aromatic carbocycles. The quantitative estimate of drug-likeness (QED) is 0.501. The Bertz CT molecular complexity index is 764. The van der Waals surface area contributed by atoms with Crippen molar-refractivity contribution in [3.05, 3.63) is 45.6 Å². The third-order valence-corrected chi connectivity index (χ3v) is 5.59. The number of ketones is 1. The molecule has 0 saturated heterocycles. The molecule has 0 N–H and O–H groups in total. The molecule has 1 heterocycles. The van der Waals surface area contributed by atoms with Crippen molar-refractivity contribution in [1.29, 1.82) is 0 Å². The van der Waals surface area contributed by atoms with Crippen molar-refractivity contribution in [3.63, 3.8) is 0 Å². The van der Waals surface area contributed by atoms with E-state index in [1.54, 1.807) is 0 Å². The second-order valence-electron chi connectivity index (χ2n) is 6.92. The highest BCUT2D eigenvalue weighted by molar-refractivity contribution is 9.10. The average molecular weight is 418 g/mol. The lowest BCUT2D eigenvalue weighted by atomic mass is 9.72. The monoisotopic (exact) mass is 417 g/mol. The highest BCUT2D eigenvalue weighted by Crippen LogP contribution is 2.43. The zero-order valence-corrected chi connectivity index (χ0v) is 16.8. The molecule has 5 heteroatoms. The smallest absolute Gasteiger partial charge is 0.315 e. The number of rotatable bonds is 5. The van der Waals surface area contributed by atoms with Gasteiger partial charge in [-0.2, -0.15) is 0 Å². The summed E-state index contributed by atoms with van der Waals surface area (Å²) in [7, 11) is 0. The molecule has 2 atom stereocenters. The summed E-state index contributed by atoms with van der Waals surface area (Å²) in [5.74, 6) is -1.01. The maximum absolute atomic E-state index is 12.9. The molecule has 3 rings (SSSR count). The Hall–Kier alpha value is -1.75. The first-order chi connectivity index (χ1) is 12.5. The van der Waals surface area contributed by atoms with Gasteiger partial charge in [-0.3, -0.25) is 14.6 Å². The van der Waals surface area contributed by atoms with E-state index in [-0.39, 0.29) is 17.7 Å². The summed E-state index contributed by atoms with van der Waals surface area (Å²) >= 11 is 3.45. The number of nitrogens with zero attached hydrogens (tertiary/aromatic N) is 1. The van der Waals surface area contributed by atoms with Gasteiger partial charge in [0.05, 0.1) is 6.61 Å². The number of hydrogen-bond donors (Lipinski definition) is 0. The van der Waals surface area contributed by atoms with Crippen molar-refractivity contribution < 1.29 is 14.3 Å². The van der Waals surface area contributed by atoms with Crippen LogP contribution in [0.3, 0.4) is 0 Å². The number of allylic oxidation sites excluding steroid dienone is 2. The van der Waals surface area contributed by atoms with E-state index in [0.29, 0.717) is 18.6 Å². The summed E-state index contributed by atoms with van der Waals surface area (Å²) in [4.78, 5) is 30.2. The van der Waals surface area contributed by atoms with Crippen LogP contribution in [0.2, 0.25) is 0 Å². The number of carbonyl (C=O) groups excluding carboxylic acids is 2. The van der Waals surface area contributed by atoms with Crippen molar-refractivity contribution in [3.8, 4) is 0 Å². The zero-order valence-electron chi connectivity index (χ0n) is 15.3. The first-order valence-electron chi connectivity index (χ1n) is 9.26. The summed E-state index contributed by atoms with van der Waals surface area (Å²) in [6.07, 6.45) is 3.95. The predicted molar refractivity (Wildman–Crippen MR) is 105 cm³/mol. The number of carbonyl (C=O) groups is 2. The molecule has 0 aromatic heterocycles. The van der Waals surface area contributed by atoms with Gasteiger partial charge in [-0.05, 0) is 43.9 Å². The highest BCUT2D eigenvalue weighted by Gasteiger charge is 2.43. The minimum absolute atomic E-state index is 0.113. The Labute approximate surface area is 162 Å². The molecule has 1 aromatic rings. The van der Waals surface area contributed by atoms with Gasteiger partial charge in [-0.25, -0.2) is 0 Å². The molecule has 0 radical (unpaired) electrons. The van der Waals surface area contributed by atoms with Gasteiger partial charge in [0.25, 0.3) is 0 Å². The van der Waals surface area contributed by atoms with E-state index in [9.17, 15) is 9.59 Å². The molecular formula is C21H24BrNO3. The summed E-state index contributed by atoms with van der Waals surface area (Å²) in [6.45, 7) is 4.34. The fraction of sp³-hybridized carbons (Fsp3) is 0.476. The van der Waals surface area contributed by atoms with Gasteiger partial charge in [-0.15, -0.1) is 0 Å². The van der Waals surface area contributed by atoms with Crippen LogP contribution in [0.4, 0.5) is 0 Å². The van der Waals surface area contributed by atoms with E-state index in [0.717, 1.165) is 47.1 Å². The van der Waals surface area contributed by atoms with Gasteiger partial charge >= 0.3 is 5.97 Å². The van der Waals surface area contributed by atoms with Crippen LogP contribution in [0.1, 0.15) is 57.4 Å². The predicted octanol–water partition coefficient (Wildman–Crippen LogP) is 4.97. The number of aliphatic imine (C=N–C) groups is 1. The molecular weight excluding hydrogens is 394 g/mol. The van der Waals surface area contributed by atoms with E-state index < -0.39 is 5.92 Å². The van der Waals surface area contributed by atoms with Crippen molar-refractivity contribution >= 4 is 33.4 Å². The number of halogens is 1. The number of esters is 1. The van der Waals surface area contributed by atoms with E-state index >= 15 is 0 Å². The summed E-state index contributed by atoms with van der Waals surface area (Å²) < 4.78 is 6.49. The maximum Gasteiger partial charge on any atom is 0.315 e. The van der Waals surface area contributed by atoms with E-state index in [4.69, 9.17) is 4.74 Å². The topological polar surface area (TPSA) is 55.7 Å². The van der Waals surface area contributed by atoms with Crippen LogP contribution in [-0.4, -0.2) is 24.1 Å². The van der Waals surface area contributed by atoms with Crippen molar-refractivity contribution in [2.75, 3.05) is 6.61 Å². The lowest BCUT2D eigenvalue weighted by Gasteiger charge is -2.34. The fourth-order valence-electron chi connectivity index (χ4n) is 3.75. The van der Waals surface area contributed by atoms with Crippen LogP contribution in [0.15, 0.2) is 45.0 Å². The van der Waals surface area contributed by atoms with Gasteiger partial charge < -0.3 is 4.74 Å². The Morgan fingerprint density at radius 2 is 2.00 bits per heavy atom. The van der Waals surface area contributed by atoms with Gasteiger partial charge in [0.15, 0.2) is 5.78 Å². The standard InChI is InChI=1S/C21H24BrNO3/c1-3-4-12-26-21(25)18-13(2)23-16-6-5-7-17(24)20(16)19(18)14-8-10-15(22)11-9-14/h8-11,18-19H,3-7,12H2,1-2H3/t18?,19-/m1/s1. The third-order valence-electron chi connectivity index (χ3n) is 5.06. The Morgan fingerprint density at radius 1 is 1.27 bits per heavy atom. The van der Waals surface area contributed by atoms with E-state index in [1.165, 1.54) is 0 Å². The summed E-state index contributed by atoms with van der Waals surface area (Å²) in [6, 6.07) is 7.85. The number of Topliss-reactive ketones (excluding diaryl/α,β-unsaturated/α-hetero) is 1. The second-order valence-corrected chi connectivity index (χ2v) is 7.83. The summed E-state index contributed by atoms with van der Waals surface area (Å²) in [5.41, 5.74) is 3.27. The molecule has 2 aliphatic rings. The SMILES string of the molecule is CCCCOC(=O)C1C(C)=NC2=C(C(=O)CCC2)[C@@H]1c1ccc(Br)cc1. The molecule has 1 aliphatic carbocycles. The van der Waals surface area contributed by atoms with Crippen molar-refractivity contribution in [2.45, 2.75) is 51.9 Å². The van der Waals surface area contributed by atoms with Gasteiger partial charge in [0.1, 0.15) is 5.92 Å². The first kappa shape index (κ1) is 19.0. The zero-order chi connectivity index (χ0) is 18.7. The molecule has 0 bridgehead atoms. The Balaban J connectivity index is 2.02. The molecule has 0 spiro atoms. The van der Waals surface area contributed by atoms with Gasteiger partial charge in [-0.1, -0.05) is 41.4 Å². The minimum Gasteiger partial charge on any atom is -0.465 e. The highest BCUT2D eigenvalue weighted by atomic mass is 79.9. The van der Waals surface area contributed by atoms with E-state index in [1.807, 2.05) is 31.2 Å². The molecule has 0 fully saturated rings. The van der Waals surface area contributed by atoms with Crippen LogP contribution in [0, 0.1) is 5.92 Å². The van der Waals surface area contributed by atoms with E-state index in [2.05, 4.69) is 27.8 Å². The van der Waals surface area contributed by atoms with Gasteiger partial charge in [0.2, 0.25) is 0 Å². The molecule has 0 saturated carbocycles. The third kappa shape index (κ3) is 3.83. The Kier molecular flexibility index (Phi) is 6.07. The number of unbranched alkanes of at least 4 members (excludes halogenated alkanes) is 1. The molecule has 26 heavy (non-hydrogen) atoms. The first-order valence-corrected chi connectivity index (χ1v) is 10.1. The van der Waals surface area contributed by atoms with Crippen LogP contribution in [-0.2, 0) is 14.3 Å². The lowest BCUT2D eigenvalue weighted by molar-refractivity contribution is -0.146. The molecule has 1 unspecified atom stereocenters. The van der Waals surface area contributed by atoms with Crippen molar-refractivity contribution in [2.24, 2.45) is 10.9 Å². The Morgan fingerprint density at radius 3 is 2.69 bits per heavy atom. The maximum atomic E-state index is 12.9. The average Bonchev–Trinajstić information content (AvgIpc) is 2.61.